The standard InChI is InChI=1S/C18H22ClN3OS/c19-13-4-5-15-14(9-13)22-16(24-15)6-8-21-17(23)18-7-2-1-3-12(18)10-20-11-18/h4-5,9,12,20H,1-3,6-8,10-11H2,(H,21,23)/t12-,18+/m0/s1. The van der Waals surface area contributed by atoms with Gasteiger partial charge in [-0.25, -0.2) is 4.98 Å². The third kappa shape index (κ3) is 2.93. The first-order valence-corrected chi connectivity index (χ1v) is 9.91. The SMILES string of the molecule is O=C(NCCc1nc2cc(Cl)ccc2s1)[C@@]12CCCC[C@H]1CNC2. The molecule has 1 amide bonds. The summed E-state index contributed by atoms with van der Waals surface area (Å²) < 4.78 is 1.15. The van der Waals surface area contributed by atoms with E-state index in [1.807, 2.05) is 18.2 Å². The molecule has 4 nitrogen and oxygen atoms in total. The lowest BCUT2D eigenvalue weighted by atomic mass is 9.67. The summed E-state index contributed by atoms with van der Waals surface area (Å²) in [5.74, 6) is 0.747. The van der Waals surface area contributed by atoms with E-state index in [1.54, 1.807) is 11.3 Å². The van der Waals surface area contributed by atoms with Crippen LogP contribution in [0.1, 0.15) is 30.7 Å². The zero-order valence-electron chi connectivity index (χ0n) is 13.6. The second-order valence-corrected chi connectivity index (χ2v) is 8.51. The molecule has 2 atom stereocenters. The molecule has 2 aliphatic rings. The quantitative estimate of drug-likeness (QED) is 0.875. The van der Waals surface area contributed by atoms with Gasteiger partial charge in [-0.15, -0.1) is 11.3 Å². The maximum Gasteiger partial charge on any atom is 0.227 e. The number of fused-ring (bicyclic) bond motifs is 2. The molecule has 1 saturated heterocycles. The number of nitrogens with zero attached hydrogens (tertiary/aromatic N) is 1. The van der Waals surface area contributed by atoms with Crippen LogP contribution in [0, 0.1) is 11.3 Å². The van der Waals surface area contributed by atoms with E-state index in [0.717, 1.165) is 41.2 Å². The highest BCUT2D eigenvalue weighted by atomic mass is 35.5. The molecule has 1 aliphatic heterocycles. The van der Waals surface area contributed by atoms with Gasteiger partial charge in [0.15, 0.2) is 0 Å². The van der Waals surface area contributed by atoms with Crippen LogP contribution < -0.4 is 10.6 Å². The van der Waals surface area contributed by atoms with Crippen LogP contribution in [0.15, 0.2) is 18.2 Å². The molecule has 4 rings (SSSR count). The average Bonchev–Trinajstić information content (AvgIpc) is 3.18. The van der Waals surface area contributed by atoms with Crippen LogP contribution in [0.3, 0.4) is 0 Å². The van der Waals surface area contributed by atoms with E-state index >= 15 is 0 Å². The lowest BCUT2D eigenvalue weighted by Gasteiger charge is -2.37. The lowest BCUT2D eigenvalue weighted by Crippen LogP contribution is -2.48. The molecule has 24 heavy (non-hydrogen) atoms. The number of aromatic nitrogens is 1. The predicted molar refractivity (Wildman–Crippen MR) is 98.6 cm³/mol. The smallest absolute Gasteiger partial charge is 0.227 e. The van der Waals surface area contributed by atoms with Crippen molar-refractivity contribution in [1.29, 1.82) is 0 Å². The van der Waals surface area contributed by atoms with E-state index in [1.165, 1.54) is 19.3 Å². The van der Waals surface area contributed by atoms with Crippen molar-refractivity contribution in [3.05, 3.63) is 28.2 Å². The van der Waals surface area contributed by atoms with Gasteiger partial charge in [0.05, 0.1) is 20.6 Å². The Morgan fingerprint density at radius 1 is 1.46 bits per heavy atom. The molecule has 128 valence electrons. The van der Waals surface area contributed by atoms with E-state index in [0.29, 0.717) is 17.5 Å². The Labute approximate surface area is 151 Å². The number of thiazole rings is 1. The topological polar surface area (TPSA) is 54.0 Å². The van der Waals surface area contributed by atoms with Gasteiger partial charge in [-0.2, -0.15) is 0 Å². The minimum absolute atomic E-state index is 0.167. The summed E-state index contributed by atoms with van der Waals surface area (Å²) in [7, 11) is 0. The van der Waals surface area contributed by atoms with Crippen LogP contribution in [0.2, 0.25) is 5.02 Å². The molecule has 2 heterocycles. The van der Waals surface area contributed by atoms with Crippen LogP contribution in [-0.2, 0) is 11.2 Å². The zero-order valence-corrected chi connectivity index (χ0v) is 15.2. The van der Waals surface area contributed by atoms with E-state index in [4.69, 9.17) is 11.6 Å². The third-order valence-corrected chi connectivity index (χ3v) is 6.84. The van der Waals surface area contributed by atoms with Crippen molar-refractivity contribution in [3.63, 3.8) is 0 Å². The van der Waals surface area contributed by atoms with Crippen molar-refractivity contribution in [3.8, 4) is 0 Å². The first kappa shape index (κ1) is 16.3. The summed E-state index contributed by atoms with van der Waals surface area (Å²) in [5, 5.41) is 8.38. The van der Waals surface area contributed by atoms with Crippen LogP contribution >= 0.6 is 22.9 Å². The minimum Gasteiger partial charge on any atom is -0.355 e. The number of hydrogen-bond acceptors (Lipinski definition) is 4. The van der Waals surface area contributed by atoms with Crippen molar-refractivity contribution >= 4 is 39.1 Å². The maximum absolute atomic E-state index is 12.8. The van der Waals surface area contributed by atoms with Gasteiger partial charge in [-0.3, -0.25) is 4.79 Å². The fourth-order valence-corrected chi connectivity index (χ4v) is 5.32. The number of carbonyl (C=O) groups is 1. The van der Waals surface area contributed by atoms with Gasteiger partial charge in [0.2, 0.25) is 5.91 Å². The molecule has 2 aromatic rings. The van der Waals surface area contributed by atoms with E-state index < -0.39 is 0 Å². The molecule has 0 bridgehead atoms. The van der Waals surface area contributed by atoms with Crippen LogP contribution in [-0.4, -0.2) is 30.5 Å². The molecular weight excluding hydrogens is 342 g/mol. The van der Waals surface area contributed by atoms with Crippen LogP contribution in [0.5, 0.6) is 0 Å². The van der Waals surface area contributed by atoms with Crippen molar-refractivity contribution in [1.82, 2.24) is 15.6 Å². The summed E-state index contributed by atoms with van der Waals surface area (Å²) in [6.45, 7) is 2.48. The van der Waals surface area contributed by atoms with Crippen molar-refractivity contribution < 1.29 is 4.79 Å². The summed E-state index contributed by atoms with van der Waals surface area (Å²) in [5.41, 5.74) is 0.777. The number of halogens is 1. The van der Waals surface area contributed by atoms with Gasteiger partial charge in [-0.1, -0.05) is 24.4 Å². The molecule has 1 aliphatic carbocycles. The van der Waals surface area contributed by atoms with Crippen LogP contribution in [0.4, 0.5) is 0 Å². The molecule has 6 heteroatoms. The molecule has 1 aromatic carbocycles. The molecule has 1 saturated carbocycles. The Bertz CT molecular complexity index is 762. The van der Waals surface area contributed by atoms with Gasteiger partial charge in [0.25, 0.3) is 0 Å². The summed E-state index contributed by atoms with van der Waals surface area (Å²) >= 11 is 7.69. The largest absolute Gasteiger partial charge is 0.355 e. The first-order chi connectivity index (χ1) is 11.7. The third-order valence-electron chi connectivity index (χ3n) is 5.51. The van der Waals surface area contributed by atoms with Gasteiger partial charge in [-0.05, 0) is 43.5 Å². The summed E-state index contributed by atoms with van der Waals surface area (Å²) in [4.78, 5) is 17.4. The fourth-order valence-electron chi connectivity index (χ4n) is 4.20. The first-order valence-electron chi connectivity index (χ1n) is 8.71. The number of nitrogens with one attached hydrogen (secondary N) is 2. The fraction of sp³-hybridized carbons (Fsp3) is 0.556. The van der Waals surface area contributed by atoms with Gasteiger partial charge in [0, 0.05) is 24.5 Å². The monoisotopic (exact) mass is 363 g/mol. The number of rotatable bonds is 4. The highest BCUT2D eigenvalue weighted by Crippen LogP contribution is 2.43. The number of hydrogen-bond donors (Lipinski definition) is 2. The number of carbonyl (C=O) groups excluding carboxylic acids is 1. The lowest BCUT2D eigenvalue weighted by molar-refractivity contribution is -0.133. The second-order valence-electron chi connectivity index (χ2n) is 6.96. The Morgan fingerprint density at radius 3 is 3.29 bits per heavy atom. The number of amides is 1. The normalized spacial score (nSPS) is 26.5. The predicted octanol–water partition coefficient (Wildman–Crippen LogP) is 3.39. The Balaban J connectivity index is 1.38. The molecule has 0 spiro atoms. The van der Waals surface area contributed by atoms with E-state index in [-0.39, 0.29) is 11.3 Å². The zero-order chi connectivity index (χ0) is 16.6. The van der Waals surface area contributed by atoms with Crippen molar-refractivity contribution in [2.45, 2.75) is 32.1 Å². The summed E-state index contributed by atoms with van der Waals surface area (Å²) in [6.07, 6.45) is 5.41. The van der Waals surface area contributed by atoms with Gasteiger partial charge < -0.3 is 10.6 Å². The molecule has 2 fully saturated rings. The Hall–Kier alpha value is -1.17. The minimum atomic E-state index is -0.167. The molecule has 0 unspecified atom stereocenters. The molecule has 2 N–H and O–H groups in total. The van der Waals surface area contributed by atoms with E-state index in [2.05, 4.69) is 15.6 Å². The molecule has 1 aromatic heterocycles. The molecular formula is C18H22ClN3OS. The Kier molecular flexibility index (Phi) is 4.50. The second kappa shape index (κ2) is 6.62. The van der Waals surface area contributed by atoms with Crippen molar-refractivity contribution in [2.24, 2.45) is 11.3 Å². The van der Waals surface area contributed by atoms with E-state index in [9.17, 15) is 4.79 Å². The average molecular weight is 364 g/mol. The summed E-state index contributed by atoms with van der Waals surface area (Å²) in [6, 6.07) is 5.79. The van der Waals surface area contributed by atoms with Crippen molar-refractivity contribution in [2.75, 3.05) is 19.6 Å². The Morgan fingerprint density at radius 2 is 2.38 bits per heavy atom. The van der Waals surface area contributed by atoms with Gasteiger partial charge in [0.1, 0.15) is 0 Å². The number of benzene rings is 1. The van der Waals surface area contributed by atoms with Crippen LogP contribution in [0.25, 0.3) is 10.2 Å². The maximum atomic E-state index is 12.8. The van der Waals surface area contributed by atoms with Gasteiger partial charge >= 0.3 is 0 Å². The highest BCUT2D eigenvalue weighted by molar-refractivity contribution is 7.18. The highest BCUT2D eigenvalue weighted by Gasteiger charge is 2.49. The molecule has 0 radical (unpaired) electrons.